The molecule has 7 nitrogen and oxygen atoms in total. The summed E-state index contributed by atoms with van der Waals surface area (Å²) >= 11 is 0. The summed E-state index contributed by atoms with van der Waals surface area (Å²) in [5.74, 6) is 0.662. The van der Waals surface area contributed by atoms with Gasteiger partial charge in [0.25, 0.3) is 0 Å². The summed E-state index contributed by atoms with van der Waals surface area (Å²) in [5.41, 5.74) is 0.806. The van der Waals surface area contributed by atoms with Gasteiger partial charge in [-0.05, 0) is 30.7 Å². The number of nitrogens with one attached hydrogen (secondary N) is 3. The summed E-state index contributed by atoms with van der Waals surface area (Å²) in [6.45, 7) is 1.79. The molecule has 0 aromatic heterocycles. The Morgan fingerprint density at radius 3 is 2.65 bits per heavy atom. The summed E-state index contributed by atoms with van der Waals surface area (Å²) in [7, 11) is 1.54. The normalized spacial score (nSPS) is 10.6. The second-order valence-corrected chi connectivity index (χ2v) is 3.87. The fraction of sp³-hybridized carbons (Fsp3) is 0.231. The zero-order valence-corrected chi connectivity index (χ0v) is 11.0. The van der Waals surface area contributed by atoms with Crippen LogP contribution in [0, 0.1) is 35.0 Å². The molecule has 0 aliphatic carbocycles. The van der Waals surface area contributed by atoms with Crippen molar-refractivity contribution in [3.05, 3.63) is 23.8 Å². The van der Waals surface area contributed by atoms with Crippen molar-refractivity contribution in [1.82, 2.24) is 5.32 Å². The number of carbonyl (C=O) groups excluding carboxylic acids is 1. The molecule has 0 spiro atoms. The number of hydrogen-bond donors (Lipinski definition) is 3. The summed E-state index contributed by atoms with van der Waals surface area (Å²) in [4.78, 5) is 11.7. The van der Waals surface area contributed by atoms with E-state index in [1.165, 1.54) is 6.07 Å². The number of nitrogens with zero attached hydrogens (tertiary/aromatic N) is 2. The van der Waals surface area contributed by atoms with Crippen LogP contribution < -0.4 is 15.4 Å². The van der Waals surface area contributed by atoms with Crippen LogP contribution >= 0.6 is 0 Å². The first-order valence-corrected chi connectivity index (χ1v) is 5.62. The second-order valence-electron chi connectivity index (χ2n) is 3.87. The number of nitriles is 2. The lowest BCUT2D eigenvalue weighted by molar-refractivity contribution is 0.252. The number of benzene rings is 1. The molecule has 1 aromatic rings. The van der Waals surface area contributed by atoms with Crippen LogP contribution in [0.4, 0.5) is 10.5 Å². The minimum Gasteiger partial charge on any atom is -0.497 e. The van der Waals surface area contributed by atoms with Gasteiger partial charge in [0.15, 0.2) is 6.04 Å². The minimum absolute atomic E-state index is 0.519. The Hall–Kier alpha value is -3.06. The first kappa shape index (κ1) is 15.0. The van der Waals surface area contributed by atoms with Crippen molar-refractivity contribution in [2.24, 2.45) is 0 Å². The third kappa shape index (κ3) is 3.72. The van der Waals surface area contributed by atoms with Gasteiger partial charge in [-0.25, -0.2) is 4.79 Å². The number of hydrogen-bond acceptors (Lipinski definition) is 5. The molecule has 0 heterocycles. The van der Waals surface area contributed by atoms with Crippen molar-refractivity contribution in [2.75, 3.05) is 12.4 Å². The number of carbonyl (C=O) groups is 1. The van der Waals surface area contributed by atoms with Gasteiger partial charge in [-0.3, -0.25) is 5.41 Å². The van der Waals surface area contributed by atoms with Crippen molar-refractivity contribution in [3.63, 3.8) is 0 Å². The molecule has 1 atom stereocenters. The zero-order chi connectivity index (χ0) is 15.1. The third-order valence-electron chi connectivity index (χ3n) is 2.50. The van der Waals surface area contributed by atoms with E-state index in [2.05, 4.69) is 10.6 Å². The molecule has 0 aliphatic rings. The topological polar surface area (TPSA) is 122 Å². The van der Waals surface area contributed by atoms with Crippen molar-refractivity contribution < 1.29 is 9.53 Å². The fourth-order valence-corrected chi connectivity index (χ4v) is 1.43. The van der Waals surface area contributed by atoms with Crippen LogP contribution in [-0.2, 0) is 0 Å². The summed E-state index contributed by atoms with van der Waals surface area (Å²) in [6.07, 6.45) is 0. The van der Waals surface area contributed by atoms with Crippen molar-refractivity contribution in [2.45, 2.75) is 13.0 Å². The molecule has 2 amide bonds. The second kappa shape index (κ2) is 6.76. The highest BCUT2D eigenvalue weighted by Crippen LogP contribution is 2.20. The molecule has 1 aromatic carbocycles. The number of ether oxygens (including phenoxy) is 1. The Balaban J connectivity index is 2.75. The zero-order valence-electron chi connectivity index (χ0n) is 11.0. The Kier molecular flexibility index (Phi) is 5.07. The maximum Gasteiger partial charge on any atom is 0.320 e. The van der Waals surface area contributed by atoms with Crippen LogP contribution in [-0.4, -0.2) is 24.9 Å². The molecule has 0 saturated carbocycles. The molecule has 7 heteroatoms. The Morgan fingerprint density at radius 2 is 2.15 bits per heavy atom. The quantitative estimate of drug-likeness (QED) is 0.719. The van der Waals surface area contributed by atoms with E-state index in [0.29, 0.717) is 11.4 Å². The largest absolute Gasteiger partial charge is 0.497 e. The third-order valence-corrected chi connectivity index (χ3v) is 2.50. The molecule has 20 heavy (non-hydrogen) atoms. The van der Waals surface area contributed by atoms with Crippen molar-refractivity contribution in [1.29, 1.82) is 15.9 Å². The van der Waals surface area contributed by atoms with Gasteiger partial charge in [0.05, 0.1) is 13.2 Å². The van der Waals surface area contributed by atoms with Crippen LogP contribution in [0.15, 0.2) is 18.2 Å². The first-order valence-electron chi connectivity index (χ1n) is 5.62. The Morgan fingerprint density at radius 1 is 1.45 bits per heavy atom. The van der Waals surface area contributed by atoms with Gasteiger partial charge in [-0.15, -0.1) is 0 Å². The van der Waals surface area contributed by atoms with Gasteiger partial charge in [0, 0.05) is 5.69 Å². The standard InChI is InChI=1S/C13H13N5O2/c1-8-5-9(20-2)3-4-11(8)17-13(19)18-12(7-15)10(16)6-14/h3-5,12,16H,1-2H3,(H2,17,18,19). The highest BCUT2D eigenvalue weighted by atomic mass is 16.5. The number of anilines is 1. The van der Waals surface area contributed by atoms with Crippen LogP contribution in [0.5, 0.6) is 5.75 Å². The number of aryl methyl sites for hydroxylation is 1. The SMILES string of the molecule is COc1ccc(NC(=O)NC(C#N)C(=N)C#N)c(C)c1. The molecule has 0 aliphatic heterocycles. The lowest BCUT2D eigenvalue weighted by atomic mass is 10.2. The molecular formula is C13H13N5O2. The summed E-state index contributed by atoms with van der Waals surface area (Å²) < 4.78 is 5.05. The highest BCUT2D eigenvalue weighted by Gasteiger charge is 2.16. The van der Waals surface area contributed by atoms with E-state index in [9.17, 15) is 4.79 Å². The summed E-state index contributed by atoms with van der Waals surface area (Å²) in [6, 6.07) is 6.33. The molecule has 0 fully saturated rings. The van der Waals surface area contributed by atoms with E-state index in [-0.39, 0.29) is 0 Å². The van der Waals surface area contributed by atoms with Gasteiger partial charge >= 0.3 is 6.03 Å². The maximum atomic E-state index is 11.7. The van der Waals surface area contributed by atoms with Gasteiger partial charge in [-0.2, -0.15) is 10.5 Å². The smallest absolute Gasteiger partial charge is 0.320 e. The molecule has 0 radical (unpaired) electrons. The molecule has 1 unspecified atom stereocenters. The lowest BCUT2D eigenvalue weighted by Gasteiger charge is -2.12. The maximum absolute atomic E-state index is 11.7. The molecule has 1 rings (SSSR count). The van der Waals surface area contributed by atoms with E-state index in [4.69, 9.17) is 20.7 Å². The van der Waals surface area contributed by atoms with Crippen molar-refractivity contribution >= 4 is 17.4 Å². The first-order chi connectivity index (χ1) is 9.51. The number of amides is 2. The van der Waals surface area contributed by atoms with Gasteiger partial charge < -0.3 is 15.4 Å². The van der Waals surface area contributed by atoms with Crippen molar-refractivity contribution in [3.8, 4) is 17.9 Å². The summed E-state index contributed by atoms with van der Waals surface area (Å²) in [5, 5.41) is 29.3. The van der Waals surface area contributed by atoms with E-state index >= 15 is 0 Å². The number of urea groups is 1. The average molecular weight is 271 g/mol. The van der Waals surface area contributed by atoms with E-state index in [1.807, 2.05) is 0 Å². The lowest BCUT2D eigenvalue weighted by Crippen LogP contribution is -2.41. The fourth-order valence-electron chi connectivity index (χ4n) is 1.43. The number of methoxy groups -OCH3 is 1. The number of rotatable bonds is 4. The van der Waals surface area contributed by atoms with E-state index in [1.54, 1.807) is 38.3 Å². The Labute approximate surface area is 116 Å². The molecule has 3 N–H and O–H groups in total. The molecule has 0 saturated heterocycles. The van der Waals surface area contributed by atoms with Crippen LogP contribution in [0.25, 0.3) is 0 Å². The van der Waals surface area contributed by atoms with E-state index < -0.39 is 17.8 Å². The van der Waals surface area contributed by atoms with Gasteiger partial charge in [0.1, 0.15) is 17.5 Å². The van der Waals surface area contributed by atoms with Crippen LogP contribution in [0.3, 0.4) is 0 Å². The Bertz CT molecular complexity index is 612. The minimum atomic E-state index is -1.27. The monoisotopic (exact) mass is 271 g/mol. The van der Waals surface area contributed by atoms with Gasteiger partial charge in [-0.1, -0.05) is 0 Å². The van der Waals surface area contributed by atoms with Gasteiger partial charge in [0.2, 0.25) is 0 Å². The van der Waals surface area contributed by atoms with Crippen LogP contribution in [0.1, 0.15) is 5.56 Å². The van der Waals surface area contributed by atoms with E-state index in [0.717, 1.165) is 5.56 Å². The molecule has 102 valence electrons. The average Bonchev–Trinajstić information content (AvgIpc) is 2.45. The predicted molar refractivity (Wildman–Crippen MR) is 72.6 cm³/mol. The molecule has 0 bridgehead atoms. The predicted octanol–water partition coefficient (Wildman–Crippen LogP) is 1.56. The molecular weight excluding hydrogens is 258 g/mol. The van der Waals surface area contributed by atoms with Crippen LogP contribution in [0.2, 0.25) is 0 Å². The highest BCUT2D eigenvalue weighted by molar-refractivity contribution is 6.04.